The second-order valence-corrected chi connectivity index (χ2v) is 4.94. The van der Waals surface area contributed by atoms with Crippen molar-refractivity contribution in [2.24, 2.45) is 0 Å². The summed E-state index contributed by atoms with van der Waals surface area (Å²) in [7, 11) is 0. The molecule has 2 N–H and O–H groups in total. The summed E-state index contributed by atoms with van der Waals surface area (Å²) in [6.07, 6.45) is 6.27. The fourth-order valence-corrected chi connectivity index (χ4v) is 2.95. The van der Waals surface area contributed by atoms with Crippen molar-refractivity contribution in [1.82, 2.24) is 0 Å². The highest BCUT2D eigenvalue weighted by atomic mass is 16.4. The Kier molecular flexibility index (Phi) is 3.84. The van der Waals surface area contributed by atoms with Crippen molar-refractivity contribution in [3.63, 3.8) is 0 Å². The molecule has 0 amide bonds. The summed E-state index contributed by atoms with van der Waals surface area (Å²) in [4.78, 5) is 22.5. The van der Waals surface area contributed by atoms with E-state index in [0.717, 1.165) is 36.8 Å². The zero-order valence-corrected chi connectivity index (χ0v) is 10.4. The lowest BCUT2D eigenvalue weighted by Crippen LogP contribution is -2.16. The Bertz CT molecular complexity index is 401. The molecule has 0 atom stereocenters. The number of allylic oxidation sites excluding steroid dienone is 2. The lowest BCUT2D eigenvalue weighted by atomic mass is 9.80. The van der Waals surface area contributed by atoms with E-state index >= 15 is 0 Å². The smallest absolute Gasteiger partial charge is 0.331 e. The Morgan fingerprint density at radius 1 is 0.667 bits per heavy atom. The van der Waals surface area contributed by atoms with Gasteiger partial charge in [0, 0.05) is 11.1 Å². The monoisotopic (exact) mass is 250 g/mol. The first-order valence-corrected chi connectivity index (χ1v) is 6.52. The summed E-state index contributed by atoms with van der Waals surface area (Å²) < 4.78 is 0. The van der Waals surface area contributed by atoms with E-state index in [0.29, 0.717) is 36.8 Å². The molecular formula is C14H18O4. The first-order valence-electron chi connectivity index (χ1n) is 6.52. The van der Waals surface area contributed by atoms with Crippen molar-refractivity contribution in [3.05, 3.63) is 22.3 Å². The molecule has 0 aromatic rings. The van der Waals surface area contributed by atoms with E-state index in [1.54, 1.807) is 0 Å². The Hall–Kier alpha value is -1.58. The minimum absolute atomic E-state index is 0.442. The van der Waals surface area contributed by atoms with Gasteiger partial charge in [-0.2, -0.15) is 0 Å². The van der Waals surface area contributed by atoms with Crippen LogP contribution in [-0.2, 0) is 9.59 Å². The summed E-state index contributed by atoms with van der Waals surface area (Å²) in [5.74, 6) is -1.76. The first kappa shape index (κ1) is 12.9. The third-order valence-corrected chi connectivity index (χ3v) is 3.82. The third-order valence-electron chi connectivity index (χ3n) is 3.82. The van der Waals surface area contributed by atoms with E-state index in [-0.39, 0.29) is 0 Å². The maximum atomic E-state index is 11.3. The molecule has 0 unspecified atom stereocenters. The largest absolute Gasteiger partial charge is 0.478 e. The summed E-state index contributed by atoms with van der Waals surface area (Å²) in [5, 5.41) is 18.5. The molecule has 0 heterocycles. The number of carboxylic acids is 2. The fraction of sp³-hybridized carbons (Fsp3) is 0.571. The molecule has 0 spiro atoms. The second-order valence-electron chi connectivity index (χ2n) is 4.94. The van der Waals surface area contributed by atoms with Gasteiger partial charge >= 0.3 is 11.9 Å². The fourth-order valence-electron chi connectivity index (χ4n) is 2.95. The summed E-state index contributed by atoms with van der Waals surface area (Å²) in [6, 6.07) is 0. The minimum Gasteiger partial charge on any atom is -0.478 e. The lowest BCUT2D eigenvalue weighted by molar-refractivity contribution is -0.134. The van der Waals surface area contributed by atoms with E-state index in [4.69, 9.17) is 0 Å². The molecule has 0 aromatic carbocycles. The quantitative estimate of drug-likeness (QED) is 0.807. The van der Waals surface area contributed by atoms with E-state index in [1.807, 2.05) is 0 Å². The molecule has 2 rings (SSSR count). The van der Waals surface area contributed by atoms with Crippen LogP contribution < -0.4 is 0 Å². The Morgan fingerprint density at radius 3 is 1.33 bits per heavy atom. The van der Waals surface area contributed by atoms with Crippen LogP contribution in [0.3, 0.4) is 0 Å². The zero-order valence-electron chi connectivity index (χ0n) is 10.4. The number of hydrogen-bond donors (Lipinski definition) is 2. The van der Waals surface area contributed by atoms with Crippen LogP contribution in [0.25, 0.3) is 0 Å². The maximum Gasteiger partial charge on any atom is 0.331 e. The van der Waals surface area contributed by atoms with Gasteiger partial charge in [0.2, 0.25) is 0 Å². The average Bonchev–Trinajstić information content (AvgIpc) is 2.38. The minimum atomic E-state index is -0.882. The van der Waals surface area contributed by atoms with Crippen LogP contribution in [0.1, 0.15) is 51.4 Å². The van der Waals surface area contributed by atoms with E-state index < -0.39 is 11.9 Å². The van der Waals surface area contributed by atoms with Crippen molar-refractivity contribution in [1.29, 1.82) is 0 Å². The zero-order chi connectivity index (χ0) is 13.1. The Balaban J connectivity index is 2.49. The number of carboxylic acid groups (broad SMARTS) is 2. The van der Waals surface area contributed by atoms with Gasteiger partial charge in [0.05, 0.1) is 0 Å². The molecule has 18 heavy (non-hydrogen) atoms. The number of aliphatic carboxylic acids is 2. The van der Waals surface area contributed by atoms with Crippen molar-refractivity contribution in [2.75, 3.05) is 0 Å². The molecule has 2 aliphatic carbocycles. The van der Waals surface area contributed by atoms with Gasteiger partial charge in [-0.1, -0.05) is 0 Å². The SMILES string of the molecule is O=C(O)C1=C(C2=C(C(=O)O)CCCC2)CCCC1. The summed E-state index contributed by atoms with van der Waals surface area (Å²) >= 11 is 0. The number of hydrogen-bond acceptors (Lipinski definition) is 2. The van der Waals surface area contributed by atoms with Crippen LogP contribution in [0.2, 0.25) is 0 Å². The summed E-state index contributed by atoms with van der Waals surface area (Å²) in [5.41, 5.74) is 2.51. The predicted molar refractivity (Wildman–Crippen MR) is 66.3 cm³/mol. The molecule has 0 fully saturated rings. The van der Waals surface area contributed by atoms with Gasteiger partial charge in [-0.15, -0.1) is 0 Å². The van der Waals surface area contributed by atoms with Crippen LogP contribution in [0.4, 0.5) is 0 Å². The van der Waals surface area contributed by atoms with Gasteiger partial charge in [0.25, 0.3) is 0 Å². The van der Waals surface area contributed by atoms with E-state index in [2.05, 4.69) is 0 Å². The molecule has 0 radical (unpaired) electrons. The highest BCUT2D eigenvalue weighted by molar-refractivity contribution is 5.92. The lowest BCUT2D eigenvalue weighted by Gasteiger charge is -2.25. The molecule has 2 aliphatic rings. The van der Waals surface area contributed by atoms with Gasteiger partial charge in [0.15, 0.2) is 0 Å². The first-order chi connectivity index (χ1) is 8.61. The molecular weight excluding hydrogens is 232 g/mol. The van der Waals surface area contributed by atoms with Crippen LogP contribution >= 0.6 is 0 Å². The third kappa shape index (κ3) is 2.47. The van der Waals surface area contributed by atoms with Crippen LogP contribution in [0, 0.1) is 0 Å². The Morgan fingerprint density at radius 2 is 1.00 bits per heavy atom. The standard InChI is InChI=1S/C14H18O4/c15-13(16)11-7-3-1-5-9(11)10-6-2-4-8-12(10)14(17)18/h1-8H2,(H,15,16)(H,17,18). The Labute approximate surface area is 106 Å². The molecule has 0 saturated carbocycles. The van der Waals surface area contributed by atoms with E-state index in [1.165, 1.54) is 0 Å². The predicted octanol–water partition coefficient (Wildman–Crippen LogP) is 2.90. The van der Waals surface area contributed by atoms with Crippen LogP contribution in [-0.4, -0.2) is 22.2 Å². The van der Waals surface area contributed by atoms with Crippen molar-refractivity contribution in [3.8, 4) is 0 Å². The molecule has 0 bridgehead atoms. The summed E-state index contributed by atoms with van der Waals surface area (Å²) in [6.45, 7) is 0. The number of carbonyl (C=O) groups is 2. The topological polar surface area (TPSA) is 74.6 Å². The van der Waals surface area contributed by atoms with Crippen molar-refractivity contribution in [2.45, 2.75) is 51.4 Å². The van der Waals surface area contributed by atoms with E-state index in [9.17, 15) is 19.8 Å². The molecule has 0 aliphatic heterocycles. The van der Waals surface area contributed by atoms with Gasteiger partial charge in [-0.3, -0.25) is 0 Å². The van der Waals surface area contributed by atoms with Gasteiger partial charge < -0.3 is 10.2 Å². The average molecular weight is 250 g/mol. The highest BCUT2D eigenvalue weighted by Gasteiger charge is 2.26. The molecule has 4 nitrogen and oxygen atoms in total. The molecule has 0 saturated heterocycles. The van der Waals surface area contributed by atoms with Gasteiger partial charge in [-0.05, 0) is 62.5 Å². The van der Waals surface area contributed by atoms with Gasteiger partial charge in [-0.25, -0.2) is 9.59 Å². The molecule has 0 aromatic heterocycles. The van der Waals surface area contributed by atoms with Crippen LogP contribution in [0.15, 0.2) is 22.3 Å². The van der Waals surface area contributed by atoms with Crippen molar-refractivity contribution < 1.29 is 19.8 Å². The normalized spacial score (nSPS) is 21.1. The van der Waals surface area contributed by atoms with Crippen molar-refractivity contribution >= 4 is 11.9 Å². The second kappa shape index (κ2) is 5.38. The highest BCUT2D eigenvalue weighted by Crippen LogP contribution is 2.37. The number of rotatable bonds is 3. The van der Waals surface area contributed by atoms with Crippen LogP contribution in [0.5, 0.6) is 0 Å². The molecule has 98 valence electrons. The molecule has 4 heteroatoms. The van der Waals surface area contributed by atoms with Gasteiger partial charge in [0.1, 0.15) is 0 Å². The maximum absolute atomic E-state index is 11.3.